The molecule has 5 heteroatoms. The second-order valence-corrected chi connectivity index (χ2v) is 7.87. The van der Waals surface area contributed by atoms with E-state index in [9.17, 15) is 9.59 Å². The molecule has 2 heterocycles. The number of benzene rings is 3. The van der Waals surface area contributed by atoms with E-state index >= 15 is 0 Å². The monoisotopic (exact) mass is 398 g/mol. The molecular weight excluding hydrogens is 376 g/mol. The molecular formula is C25H22N2O3. The van der Waals surface area contributed by atoms with Gasteiger partial charge in [0.2, 0.25) is 5.91 Å². The smallest absolute Gasteiger partial charge is 0.266 e. The van der Waals surface area contributed by atoms with E-state index in [1.165, 1.54) is 4.90 Å². The van der Waals surface area contributed by atoms with Gasteiger partial charge in [0.15, 0.2) is 6.10 Å². The molecule has 0 spiro atoms. The number of nitrogens with zero attached hydrogens (tertiary/aromatic N) is 2. The van der Waals surface area contributed by atoms with Crippen LogP contribution in [0.2, 0.25) is 0 Å². The van der Waals surface area contributed by atoms with Gasteiger partial charge in [-0.2, -0.15) is 0 Å². The second-order valence-electron chi connectivity index (χ2n) is 7.87. The number of imide groups is 1. The summed E-state index contributed by atoms with van der Waals surface area (Å²) in [6.45, 7) is 3.96. The maximum Gasteiger partial charge on any atom is 0.266 e. The zero-order chi connectivity index (χ0) is 20.8. The molecule has 2 aliphatic rings. The minimum atomic E-state index is -0.845. The lowest BCUT2D eigenvalue weighted by Gasteiger charge is -2.29. The van der Waals surface area contributed by atoms with Gasteiger partial charge in [0, 0.05) is 0 Å². The fraction of sp³-hybridized carbons (Fsp3) is 0.200. The maximum absolute atomic E-state index is 13.6. The molecule has 3 aromatic rings. The Labute approximate surface area is 175 Å². The average molecular weight is 398 g/mol. The highest BCUT2D eigenvalue weighted by molar-refractivity contribution is 6.24. The standard InChI is InChI=1S/C25H22N2O3/c1-16-9-8-13-19(15-16)26-24(28)21-22(20-14-7-6-10-17(20)2)27(30-23(21)25(26)29)18-11-4-3-5-12-18/h3-15,21-23H,1-2H3/t21-,22-,23+/m0/s1. The number of carbonyl (C=O) groups is 2. The van der Waals surface area contributed by atoms with Gasteiger partial charge < -0.3 is 0 Å². The molecule has 0 unspecified atom stereocenters. The molecule has 0 bridgehead atoms. The Morgan fingerprint density at radius 1 is 0.767 bits per heavy atom. The van der Waals surface area contributed by atoms with Crippen LogP contribution in [0, 0.1) is 19.8 Å². The third kappa shape index (κ3) is 2.82. The van der Waals surface area contributed by atoms with E-state index in [0.29, 0.717) is 5.69 Å². The lowest BCUT2D eigenvalue weighted by molar-refractivity contribution is -0.126. The van der Waals surface area contributed by atoms with E-state index in [-0.39, 0.29) is 17.9 Å². The van der Waals surface area contributed by atoms with Gasteiger partial charge in [-0.15, -0.1) is 0 Å². The van der Waals surface area contributed by atoms with Crippen LogP contribution in [-0.2, 0) is 14.4 Å². The molecule has 30 heavy (non-hydrogen) atoms. The van der Waals surface area contributed by atoms with Crippen molar-refractivity contribution in [3.05, 3.63) is 95.6 Å². The van der Waals surface area contributed by atoms with Crippen LogP contribution < -0.4 is 9.96 Å². The molecule has 5 nitrogen and oxygen atoms in total. The summed E-state index contributed by atoms with van der Waals surface area (Å²) >= 11 is 0. The fourth-order valence-corrected chi connectivity index (χ4v) is 4.47. The summed E-state index contributed by atoms with van der Waals surface area (Å²) in [5.41, 5.74) is 4.45. The molecule has 0 aromatic heterocycles. The van der Waals surface area contributed by atoms with Crippen molar-refractivity contribution in [1.29, 1.82) is 0 Å². The first kappa shape index (κ1) is 18.6. The van der Waals surface area contributed by atoms with Crippen LogP contribution in [0.5, 0.6) is 0 Å². The number of hydrogen-bond donors (Lipinski definition) is 0. The Morgan fingerprint density at radius 2 is 1.47 bits per heavy atom. The van der Waals surface area contributed by atoms with Gasteiger partial charge in [-0.25, -0.2) is 9.96 Å². The Bertz CT molecular complexity index is 1130. The number of rotatable bonds is 3. The lowest BCUT2D eigenvalue weighted by atomic mass is 9.88. The van der Waals surface area contributed by atoms with Crippen molar-refractivity contribution < 1.29 is 14.4 Å². The van der Waals surface area contributed by atoms with Crippen molar-refractivity contribution in [2.45, 2.75) is 26.0 Å². The van der Waals surface area contributed by atoms with E-state index in [1.807, 2.05) is 86.6 Å². The molecule has 0 radical (unpaired) electrons. The number of para-hydroxylation sites is 1. The fourth-order valence-electron chi connectivity index (χ4n) is 4.47. The average Bonchev–Trinajstić information content (AvgIpc) is 3.25. The van der Waals surface area contributed by atoms with Crippen molar-refractivity contribution in [1.82, 2.24) is 0 Å². The normalized spacial score (nSPS) is 23.2. The third-order valence-electron chi connectivity index (χ3n) is 5.89. The second kappa shape index (κ2) is 7.11. The summed E-state index contributed by atoms with van der Waals surface area (Å²) < 4.78 is 0. The summed E-state index contributed by atoms with van der Waals surface area (Å²) in [6.07, 6.45) is -0.845. The van der Waals surface area contributed by atoms with E-state index in [0.717, 1.165) is 22.4 Å². The number of hydroxylamine groups is 1. The molecule has 3 atom stereocenters. The number of hydrogen-bond acceptors (Lipinski definition) is 4. The number of amides is 2. The van der Waals surface area contributed by atoms with Crippen LogP contribution in [0.4, 0.5) is 11.4 Å². The number of carbonyl (C=O) groups excluding carboxylic acids is 2. The van der Waals surface area contributed by atoms with Crippen LogP contribution in [0.15, 0.2) is 78.9 Å². The predicted molar refractivity (Wildman–Crippen MR) is 115 cm³/mol. The van der Waals surface area contributed by atoms with Crippen LogP contribution >= 0.6 is 0 Å². The van der Waals surface area contributed by atoms with Crippen LogP contribution in [0.1, 0.15) is 22.7 Å². The van der Waals surface area contributed by atoms with Gasteiger partial charge in [0.25, 0.3) is 5.91 Å². The zero-order valence-corrected chi connectivity index (χ0v) is 16.9. The van der Waals surface area contributed by atoms with Gasteiger partial charge in [0.1, 0.15) is 5.92 Å². The quantitative estimate of drug-likeness (QED) is 0.616. The molecule has 2 saturated heterocycles. The molecule has 3 aromatic carbocycles. The number of anilines is 2. The third-order valence-corrected chi connectivity index (χ3v) is 5.89. The molecule has 0 N–H and O–H groups in total. The summed E-state index contributed by atoms with van der Waals surface area (Å²) in [5, 5.41) is 1.74. The van der Waals surface area contributed by atoms with Crippen molar-refractivity contribution in [2.24, 2.45) is 5.92 Å². The minimum absolute atomic E-state index is 0.220. The highest BCUT2D eigenvalue weighted by Gasteiger charge is 2.60. The molecule has 150 valence electrons. The number of fused-ring (bicyclic) bond motifs is 1. The highest BCUT2D eigenvalue weighted by Crippen LogP contribution is 2.48. The van der Waals surface area contributed by atoms with E-state index < -0.39 is 12.0 Å². The summed E-state index contributed by atoms with van der Waals surface area (Å²) in [4.78, 5) is 34.3. The largest absolute Gasteiger partial charge is 0.273 e. The molecule has 0 saturated carbocycles. The molecule has 0 aliphatic carbocycles. The van der Waals surface area contributed by atoms with Gasteiger partial charge in [-0.1, -0.05) is 54.6 Å². The van der Waals surface area contributed by atoms with Crippen molar-refractivity contribution in [3.63, 3.8) is 0 Å². The molecule has 5 rings (SSSR count). The van der Waals surface area contributed by atoms with Gasteiger partial charge in [0.05, 0.1) is 17.4 Å². The van der Waals surface area contributed by atoms with Crippen LogP contribution in [-0.4, -0.2) is 17.9 Å². The van der Waals surface area contributed by atoms with E-state index in [2.05, 4.69) is 0 Å². The van der Waals surface area contributed by atoms with Crippen molar-refractivity contribution in [2.75, 3.05) is 9.96 Å². The number of aryl methyl sites for hydroxylation is 2. The van der Waals surface area contributed by atoms with Gasteiger partial charge in [-0.05, 0) is 54.8 Å². The van der Waals surface area contributed by atoms with Gasteiger partial charge in [-0.3, -0.25) is 14.4 Å². The Kier molecular flexibility index (Phi) is 4.40. The van der Waals surface area contributed by atoms with E-state index in [1.54, 1.807) is 11.1 Å². The van der Waals surface area contributed by atoms with Crippen LogP contribution in [0.25, 0.3) is 0 Å². The Morgan fingerprint density at radius 3 is 2.20 bits per heavy atom. The van der Waals surface area contributed by atoms with Crippen molar-refractivity contribution in [3.8, 4) is 0 Å². The minimum Gasteiger partial charge on any atom is -0.273 e. The zero-order valence-electron chi connectivity index (χ0n) is 16.9. The van der Waals surface area contributed by atoms with Crippen LogP contribution in [0.3, 0.4) is 0 Å². The molecule has 2 fully saturated rings. The Hall–Kier alpha value is -3.44. The predicted octanol–water partition coefficient (Wildman–Crippen LogP) is 4.35. The first-order valence-electron chi connectivity index (χ1n) is 10.1. The topological polar surface area (TPSA) is 49.9 Å². The summed E-state index contributed by atoms with van der Waals surface area (Å²) in [6, 6.07) is 24.7. The van der Waals surface area contributed by atoms with Crippen molar-refractivity contribution >= 4 is 23.2 Å². The van der Waals surface area contributed by atoms with E-state index in [4.69, 9.17) is 4.84 Å². The lowest BCUT2D eigenvalue weighted by Crippen LogP contribution is -2.37. The first-order chi connectivity index (χ1) is 14.6. The molecule has 2 amide bonds. The van der Waals surface area contributed by atoms with Gasteiger partial charge >= 0.3 is 0 Å². The molecule has 2 aliphatic heterocycles. The first-order valence-corrected chi connectivity index (χ1v) is 10.1. The summed E-state index contributed by atoms with van der Waals surface area (Å²) in [5.74, 6) is -1.14. The summed E-state index contributed by atoms with van der Waals surface area (Å²) in [7, 11) is 0. The highest BCUT2D eigenvalue weighted by atomic mass is 16.7. The Balaban J connectivity index is 1.61. The maximum atomic E-state index is 13.6. The SMILES string of the molecule is Cc1cccc(N2C(=O)[C@@H]3[C@@H](ON(c4ccccc4)[C@H]3c3ccccc3C)C2=O)c1.